The highest BCUT2D eigenvalue weighted by molar-refractivity contribution is 5.81. The van der Waals surface area contributed by atoms with E-state index in [9.17, 15) is 4.79 Å². The van der Waals surface area contributed by atoms with Crippen LogP contribution < -0.4 is 0 Å². The molecule has 1 aromatic heterocycles. The van der Waals surface area contributed by atoms with Gasteiger partial charge in [0.1, 0.15) is 0 Å². The molecule has 1 aromatic carbocycles. The highest BCUT2D eigenvalue weighted by Crippen LogP contribution is 2.27. The molecule has 0 saturated heterocycles. The number of esters is 1. The molecule has 2 heterocycles. The van der Waals surface area contributed by atoms with Crippen molar-refractivity contribution in [2.45, 2.75) is 19.1 Å². The SMILES string of the molecule is CCOC(=O)C1N=COC1c1ccc2ccccc2n1. The molecule has 2 atom stereocenters. The van der Waals surface area contributed by atoms with Crippen molar-refractivity contribution in [2.75, 3.05) is 6.61 Å². The van der Waals surface area contributed by atoms with Gasteiger partial charge in [-0.25, -0.2) is 14.8 Å². The Bertz CT molecular complexity index is 669. The molecule has 5 nitrogen and oxygen atoms in total. The maximum atomic E-state index is 11.8. The Morgan fingerprint density at radius 1 is 1.30 bits per heavy atom. The van der Waals surface area contributed by atoms with Crippen LogP contribution in [0.15, 0.2) is 41.4 Å². The van der Waals surface area contributed by atoms with Gasteiger partial charge in [-0.05, 0) is 19.1 Å². The summed E-state index contributed by atoms with van der Waals surface area (Å²) in [5, 5.41) is 1.04. The number of aliphatic imine (C=N–C) groups is 1. The van der Waals surface area contributed by atoms with E-state index in [0.29, 0.717) is 12.3 Å². The van der Waals surface area contributed by atoms with Crippen molar-refractivity contribution in [1.82, 2.24) is 4.98 Å². The van der Waals surface area contributed by atoms with Crippen LogP contribution in [-0.4, -0.2) is 30.0 Å². The van der Waals surface area contributed by atoms with Gasteiger partial charge in [-0.2, -0.15) is 0 Å². The standard InChI is InChI=1S/C15H14N2O3/c1-2-19-15(18)13-14(20-9-16-13)12-8-7-10-5-3-4-6-11(10)17-12/h3-9,13-14H,2H2,1H3. The summed E-state index contributed by atoms with van der Waals surface area (Å²) >= 11 is 0. The fraction of sp³-hybridized carbons (Fsp3) is 0.267. The maximum Gasteiger partial charge on any atom is 0.335 e. The topological polar surface area (TPSA) is 60.8 Å². The molecule has 0 fully saturated rings. The molecule has 3 rings (SSSR count). The number of pyridine rings is 1. The number of carbonyl (C=O) groups is 1. The molecular weight excluding hydrogens is 256 g/mol. The summed E-state index contributed by atoms with van der Waals surface area (Å²) in [6, 6.07) is 10.9. The number of hydrogen-bond acceptors (Lipinski definition) is 5. The van der Waals surface area contributed by atoms with E-state index in [1.807, 2.05) is 36.4 Å². The van der Waals surface area contributed by atoms with Crippen molar-refractivity contribution in [3.63, 3.8) is 0 Å². The monoisotopic (exact) mass is 270 g/mol. The molecule has 0 saturated carbocycles. The number of nitrogens with zero attached hydrogens (tertiary/aromatic N) is 2. The normalized spacial score (nSPS) is 20.9. The number of fused-ring (bicyclic) bond motifs is 1. The molecule has 102 valence electrons. The first-order chi connectivity index (χ1) is 9.79. The smallest absolute Gasteiger partial charge is 0.335 e. The molecule has 0 spiro atoms. The van der Waals surface area contributed by atoms with E-state index >= 15 is 0 Å². The minimum atomic E-state index is -0.677. The predicted molar refractivity (Wildman–Crippen MR) is 74.5 cm³/mol. The second kappa shape index (κ2) is 5.28. The molecule has 0 aliphatic carbocycles. The van der Waals surface area contributed by atoms with Crippen molar-refractivity contribution in [3.05, 3.63) is 42.1 Å². The number of ether oxygens (including phenoxy) is 2. The van der Waals surface area contributed by atoms with Crippen molar-refractivity contribution < 1.29 is 14.3 Å². The molecule has 0 N–H and O–H groups in total. The van der Waals surface area contributed by atoms with Crippen molar-refractivity contribution in [2.24, 2.45) is 4.99 Å². The van der Waals surface area contributed by atoms with Crippen LogP contribution in [0.25, 0.3) is 10.9 Å². The summed E-state index contributed by atoms with van der Waals surface area (Å²) in [6.45, 7) is 2.09. The van der Waals surface area contributed by atoms with Gasteiger partial charge in [-0.3, -0.25) is 0 Å². The molecule has 2 unspecified atom stereocenters. The van der Waals surface area contributed by atoms with Gasteiger partial charge in [0.15, 0.2) is 18.5 Å². The van der Waals surface area contributed by atoms with Crippen molar-refractivity contribution >= 4 is 23.3 Å². The van der Waals surface area contributed by atoms with E-state index < -0.39 is 12.1 Å². The van der Waals surface area contributed by atoms with Gasteiger partial charge < -0.3 is 9.47 Å². The summed E-state index contributed by atoms with van der Waals surface area (Å²) in [6.07, 6.45) is 0.780. The average molecular weight is 270 g/mol. The van der Waals surface area contributed by atoms with Crippen LogP contribution >= 0.6 is 0 Å². The second-order valence-electron chi connectivity index (χ2n) is 4.44. The van der Waals surface area contributed by atoms with Crippen LogP contribution in [0, 0.1) is 0 Å². The van der Waals surface area contributed by atoms with E-state index in [4.69, 9.17) is 9.47 Å². The molecular formula is C15H14N2O3. The fourth-order valence-corrected chi connectivity index (χ4v) is 2.20. The lowest BCUT2D eigenvalue weighted by atomic mass is 10.1. The first-order valence-electron chi connectivity index (χ1n) is 6.49. The molecule has 5 heteroatoms. The Kier molecular flexibility index (Phi) is 3.33. The summed E-state index contributed by atoms with van der Waals surface area (Å²) in [4.78, 5) is 20.4. The van der Waals surface area contributed by atoms with Crippen LogP contribution in [0.1, 0.15) is 18.7 Å². The molecule has 20 heavy (non-hydrogen) atoms. The lowest BCUT2D eigenvalue weighted by Crippen LogP contribution is -2.26. The lowest BCUT2D eigenvalue weighted by Gasteiger charge is -2.15. The van der Waals surface area contributed by atoms with Crippen LogP contribution in [0.5, 0.6) is 0 Å². The summed E-state index contributed by atoms with van der Waals surface area (Å²) < 4.78 is 10.4. The molecule has 1 aliphatic rings. The van der Waals surface area contributed by atoms with E-state index in [1.165, 1.54) is 6.40 Å². The predicted octanol–water partition coefficient (Wildman–Crippen LogP) is 2.27. The van der Waals surface area contributed by atoms with Gasteiger partial charge in [0.25, 0.3) is 0 Å². The second-order valence-corrected chi connectivity index (χ2v) is 4.44. The van der Waals surface area contributed by atoms with Crippen LogP contribution in [0.2, 0.25) is 0 Å². The minimum Gasteiger partial charge on any atom is -0.471 e. The third kappa shape index (κ3) is 2.22. The third-order valence-electron chi connectivity index (χ3n) is 3.16. The number of aromatic nitrogens is 1. The van der Waals surface area contributed by atoms with E-state index in [2.05, 4.69) is 9.98 Å². The van der Waals surface area contributed by atoms with E-state index in [0.717, 1.165) is 10.9 Å². The largest absolute Gasteiger partial charge is 0.471 e. The third-order valence-corrected chi connectivity index (χ3v) is 3.16. The summed E-state index contributed by atoms with van der Waals surface area (Å²) in [7, 11) is 0. The molecule has 1 aliphatic heterocycles. The van der Waals surface area contributed by atoms with E-state index in [-0.39, 0.29) is 5.97 Å². The molecule has 0 bridgehead atoms. The number of benzene rings is 1. The Morgan fingerprint density at radius 2 is 2.15 bits per heavy atom. The number of hydrogen-bond donors (Lipinski definition) is 0. The molecule has 0 amide bonds. The fourth-order valence-electron chi connectivity index (χ4n) is 2.20. The first kappa shape index (κ1) is 12.6. The average Bonchev–Trinajstić information content (AvgIpc) is 2.96. The lowest BCUT2D eigenvalue weighted by molar-refractivity contribution is -0.146. The van der Waals surface area contributed by atoms with Crippen LogP contribution in [-0.2, 0) is 14.3 Å². The Morgan fingerprint density at radius 3 is 3.00 bits per heavy atom. The summed E-state index contributed by atoms with van der Waals surface area (Å²) in [5.41, 5.74) is 1.54. The Balaban J connectivity index is 1.92. The highest BCUT2D eigenvalue weighted by Gasteiger charge is 2.36. The van der Waals surface area contributed by atoms with Gasteiger partial charge >= 0.3 is 5.97 Å². The zero-order valence-corrected chi connectivity index (χ0v) is 11.0. The quantitative estimate of drug-likeness (QED) is 0.803. The van der Waals surface area contributed by atoms with Gasteiger partial charge in [-0.1, -0.05) is 24.3 Å². The molecule has 2 aromatic rings. The van der Waals surface area contributed by atoms with Gasteiger partial charge in [-0.15, -0.1) is 0 Å². The van der Waals surface area contributed by atoms with Gasteiger partial charge in [0.2, 0.25) is 0 Å². The van der Waals surface area contributed by atoms with Crippen molar-refractivity contribution in [3.8, 4) is 0 Å². The zero-order valence-electron chi connectivity index (χ0n) is 11.0. The number of rotatable bonds is 3. The minimum absolute atomic E-state index is 0.322. The van der Waals surface area contributed by atoms with Gasteiger partial charge in [0.05, 0.1) is 17.8 Å². The van der Waals surface area contributed by atoms with E-state index in [1.54, 1.807) is 6.92 Å². The Labute approximate surface area is 116 Å². The molecule has 0 radical (unpaired) electrons. The number of carbonyl (C=O) groups excluding carboxylic acids is 1. The Hall–Kier alpha value is -2.43. The van der Waals surface area contributed by atoms with Crippen LogP contribution in [0.4, 0.5) is 0 Å². The highest BCUT2D eigenvalue weighted by atomic mass is 16.5. The number of para-hydroxylation sites is 1. The van der Waals surface area contributed by atoms with Gasteiger partial charge in [0, 0.05) is 5.39 Å². The van der Waals surface area contributed by atoms with Crippen LogP contribution in [0.3, 0.4) is 0 Å². The first-order valence-corrected chi connectivity index (χ1v) is 6.49. The van der Waals surface area contributed by atoms with Crippen molar-refractivity contribution in [1.29, 1.82) is 0 Å². The summed E-state index contributed by atoms with van der Waals surface area (Å²) in [5.74, 6) is -0.388. The zero-order chi connectivity index (χ0) is 13.9. The maximum absolute atomic E-state index is 11.8.